The van der Waals surface area contributed by atoms with Gasteiger partial charge in [-0.2, -0.15) is 0 Å². The van der Waals surface area contributed by atoms with Crippen LogP contribution in [0.2, 0.25) is 0 Å². The van der Waals surface area contributed by atoms with Gasteiger partial charge in [0.1, 0.15) is 13.2 Å². The number of ether oxygens (including phenoxy) is 3. The monoisotopic (exact) mass is 969 g/mol. The van der Waals surface area contributed by atoms with E-state index in [1.807, 2.05) is 0 Å². The third kappa shape index (κ3) is 54.7. The molecular formula is C64H104O6. The van der Waals surface area contributed by atoms with Gasteiger partial charge in [-0.25, -0.2) is 0 Å². The number of carbonyl (C=O) groups excluding carboxylic acids is 3. The predicted molar refractivity (Wildman–Crippen MR) is 302 cm³/mol. The molecule has 6 nitrogen and oxygen atoms in total. The Labute approximate surface area is 431 Å². The average Bonchev–Trinajstić information content (AvgIpc) is 3.36. The van der Waals surface area contributed by atoms with Crippen molar-refractivity contribution < 1.29 is 28.6 Å². The van der Waals surface area contributed by atoms with Gasteiger partial charge in [0.2, 0.25) is 0 Å². The van der Waals surface area contributed by atoms with Crippen molar-refractivity contribution in [2.75, 3.05) is 13.2 Å². The largest absolute Gasteiger partial charge is 0.462 e. The standard InChI is InChI=1S/C64H104O6/c1-4-7-10-13-16-19-22-25-28-30-31-32-33-35-36-39-42-45-48-51-54-57-63(66)69-60-61(59-68-62(65)56-53-50-47-44-41-38-27-24-21-18-15-12-9-6-3)70-64(67)58-55-52-49-46-43-40-37-34-29-26-23-20-17-14-11-8-5-2/h7-8,10-11,16-17,19-20,24-29,31-32,37,40,46,49,61H,4-6,9,12-15,18,21-23,30,33-36,38-39,41-45,47-48,50-60H2,1-3H3/b10-7-,11-8-,19-16-,20-17-,27-24-,28-25-,29-26-,32-31-,40-37-,49-46-. The van der Waals surface area contributed by atoms with Gasteiger partial charge in [-0.1, -0.05) is 226 Å². The van der Waals surface area contributed by atoms with Crippen molar-refractivity contribution in [1.29, 1.82) is 0 Å². The maximum Gasteiger partial charge on any atom is 0.306 e. The molecule has 0 aromatic carbocycles. The highest BCUT2D eigenvalue weighted by molar-refractivity contribution is 5.71. The molecule has 0 heterocycles. The molecule has 0 aliphatic rings. The number of unbranched alkanes of at least 4 members (excludes halogenated alkanes) is 19. The second-order valence-electron chi connectivity index (χ2n) is 18.4. The van der Waals surface area contributed by atoms with Gasteiger partial charge >= 0.3 is 17.9 Å². The van der Waals surface area contributed by atoms with Crippen molar-refractivity contribution in [2.45, 2.75) is 252 Å². The van der Waals surface area contributed by atoms with Gasteiger partial charge in [-0.3, -0.25) is 14.4 Å². The maximum atomic E-state index is 12.8. The van der Waals surface area contributed by atoms with E-state index in [2.05, 4.69) is 142 Å². The lowest BCUT2D eigenvalue weighted by Gasteiger charge is -2.18. The summed E-state index contributed by atoms with van der Waals surface area (Å²) < 4.78 is 16.8. The molecule has 0 saturated carbocycles. The second kappa shape index (κ2) is 57.4. The number of hydrogen-bond donors (Lipinski definition) is 0. The number of esters is 3. The van der Waals surface area contributed by atoms with Crippen LogP contribution in [0.15, 0.2) is 122 Å². The third-order valence-electron chi connectivity index (χ3n) is 11.7. The summed E-state index contributed by atoms with van der Waals surface area (Å²) in [6, 6.07) is 0. The number of hydrogen-bond acceptors (Lipinski definition) is 6. The van der Waals surface area contributed by atoms with Crippen LogP contribution >= 0.6 is 0 Å². The molecule has 0 amide bonds. The van der Waals surface area contributed by atoms with Gasteiger partial charge in [-0.05, 0) is 122 Å². The minimum Gasteiger partial charge on any atom is -0.462 e. The SMILES string of the molecule is CC/C=C\C/C=C\C/C=C\C/C=C\C/C=C\CCCC(=O)OC(COC(=O)CCCCCCC/C=C\CCCCCCC)COC(=O)CCCCCCCCCC/C=C\C/C=C\C/C=C\C/C=C\CC. The zero-order valence-electron chi connectivity index (χ0n) is 45.2. The van der Waals surface area contributed by atoms with E-state index in [4.69, 9.17) is 14.2 Å². The lowest BCUT2D eigenvalue weighted by atomic mass is 10.1. The number of allylic oxidation sites excluding steroid dienone is 20. The Bertz CT molecular complexity index is 1490. The molecule has 70 heavy (non-hydrogen) atoms. The van der Waals surface area contributed by atoms with E-state index in [9.17, 15) is 14.4 Å². The fourth-order valence-electron chi connectivity index (χ4n) is 7.46. The molecule has 0 rings (SSSR count). The molecule has 0 aromatic rings. The maximum absolute atomic E-state index is 12.8. The summed E-state index contributed by atoms with van der Waals surface area (Å²) >= 11 is 0. The van der Waals surface area contributed by atoms with Gasteiger partial charge in [0.25, 0.3) is 0 Å². The molecule has 0 saturated heterocycles. The van der Waals surface area contributed by atoms with Crippen LogP contribution in [0.3, 0.4) is 0 Å². The van der Waals surface area contributed by atoms with Crippen molar-refractivity contribution in [2.24, 2.45) is 0 Å². The fraction of sp³-hybridized carbons (Fsp3) is 0.641. The molecule has 1 atom stereocenters. The lowest BCUT2D eigenvalue weighted by Crippen LogP contribution is -2.30. The number of carbonyl (C=O) groups is 3. The van der Waals surface area contributed by atoms with Crippen LogP contribution in [-0.4, -0.2) is 37.2 Å². The average molecular weight is 970 g/mol. The van der Waals surface area contributed by atoms with Crippen molar-refractivity contribution in [3.63, 3.8) is 0 Å². The highest BCUT2D eigenvalue weighted by Gasteiger charge is 2.19. The van der Waals surface area contributed by atoms with Crippen molar-refractivity contribution >= 4 is 17.9 Å². The summed E-state index contributed by atoms with van der Waals surface area (Å²) in [4.78, 5) is 38.1. The van der Waals surface area contributed by atoms with Crippen LogP contribution in [-0.2, 0) is 28.6 Å². The minimum atomic E-state index is -0.818. The Morgan fingerprint density at radius 3 is 0.929 bits per heavy atom. The fourth-order valence-corrected chi connectivity index (χ4v) is 7.46. The summed E-state index contributed by atoms with van der Waals surface area (Å²) in [6.45, 7) is 6.34. The molecule has 0 spiro atoms. The highest BCUT2D eigenvalue weighted by atomic mass is 16.6. The van der Waals surface area contributed by atoms with Crippen LogP contribution in [0.5, 0.6) is 0 Å². The second-order valence-corrected chi connectivity index (χ2v) is 18.4. The normalized spacial score (nSPS) is 13.0. The Morgan fingerprint density at radius 2 is 0.571 bits per heavy atom. The third-order valence-corrected chi connectivity index (χ3v) is 11.7. The van der Waals surface area contributed by atoms with Crippen LogP contribution in [0, 0.1) is 0 Å². The molecule has 0 aromatic heterocycles. The topological polar surface area (TPSA) is 78.9 Å². The first-order valence-corrected chi connectivity index (χ1v) is 28.5. The van der Waals surface area contributed by atoms with Crippen LogP contribution in [0.4, 0.5) is 0 Å². The van der Waals surface area contributed by atoms with Gasteiger partial charge in [0, 0.05) is 19.3 Å². The molecule has 1 unspecified atom stereocenters. The summed E-state index contributed by atoms with van der Waals surface area (Å²) in [5.41, 5.74) is 0. The van der Waals surface area contributed by atoms with E-state index in [0.717, 1.165) is 122 Å². The first kappa shape index (κ1) is 65.8. The Kier molecular flexibility index (Phi) is 54.0. The van der Waals surface area contributed by atoms with Crippen LogP contribution in [0.1, 0.15) is 245 Å². The molecule has 396 valence electrons. The van der Waals surface area contributed by atoms with Gasteiger partial charge in [0.05, 0.1) is 0 Å². The molecular weight excluding hydrogens is 865 g/mol. The summed E-state index contributed by atoms with van der Waals surface area (Å²) in [7, 11) is 0. The molecule has 6 heteroatoms. The number of rotatable bonds is 50. The molecule has 0 aliphatic carbocycles. The van der Waals surface area contributed by atoms with Gasteiger partial charge < -0.3 is 14.2 Å². The van der Waals surface area contributed by atoms with Crippen molar-refractivity contribution in [1.82, 2.24) is 0 Å². The summed E-state index contributed by atoms with van der Waals surface area (Å²) in [5.74, 6) is -0.987. The smallest absolute Gasteiger partial charge is 0.306 e. The Balaban J connectivity index is 4.49. The predicted octanol–water partition coefficient (Wildman–Crippen LogP) is 19.3. The molecule has 0 aliphatic heterocycles. The highest BCUT2D eigenvalue weighted by Crippen LogP contribution is 2.14. The quantitative estimate of drug-likeness (QED) is 0.0262. The van der Waals surface area contributed by atoms with Crippen LogP contribution in [0.25, 0.3) is 0 Å². The Morgan fingerprint density at radius 1 is 0.300 bits per heavy atom. The van der Waals surface area contributed by atoms with Crippen molar-refractivity contribution in [3.8, 4) is 0 Å². The first-order valence-electron chi connectivity index (χ1n) is 28.5. The van der Waals surface area contributed by atoms with E-state index in [1.165, 1.54) is 77.0 Å². The zero-order valence-corrected chi connectivity index (χ0v) is 45.2. The van der Waals surface area contributed by atoms with E-state index in [-0.39, 0.29) is 37.5 Å². The molecule has 0 radical (unpaired) electrons. The van der Waals surface area contributed by atoms with Gasteiger partial charge in [-0.15, -0.1) is 0 Å². The molecule has 0 fully saturated rings. The van der Waals surface area contributed by atoms with E-state index >= 15 is 0 Å². The van der Waals surface area contributed by atoms with E-state index < -0.39 is 6.10 Å². The zero-order chi connectivity index (χ0) is 50.7. The minimum absolute atomic E-state index is 0.110. The first-order chi connectivity index (χ1) is 34.5. The Hall–Kier alpha value is -4.19. The van der Waals surface area contributed by atoms with Crippen molar-refractivity contribution in [3.05, 3.63) is 122 Å². The van der Waals surface area contributed by atoms with Gasteiger partial charge in [0.15, 0.2) is 6.10 Å². The lowest BCUT2D eigenvalue weighted by molar-refractivity contribution is -0.167. The van der Waals surface area contributed by atoms with E-state index in [1.54, 1.807) is 0 Å². The summed E-state index contributed by atoms with van der Waals surface area (Å²) in [5, 5.41) is 0. The van der Waals surface area contributed by atoms with Crippen LogP contribution < -0.4 is 0 Å². The molecule has 0 bridgehead atoms. The molecule has 0 N–H and O–H groups in total. The summed E-state index contributed by atoms with van der Waals surface area (Å²) in [6.07, 6.45) is 79.0. The van der Waals surface area contributed by atoms with E-state index in [0.29, 0.717) is 19.3 Å².